The predicted molar refractivity (Wildman–Crippen MR) is 107 cm³/mol. The second-order valence-electron chi connectivity index (χ2n) is 8.23. The molecule has 0 unspecified atom stereocenters. The summed E-state index contributed by atoms with van der Waals surface area (Å²) < 4.78 is 13.7. The third-order valence-electron chi connectivity index (χ3n) is 5.85. The van der Waals surface area contributed by atoms with Crippen LogP contribution >= 0.6 is 0 Å². The number of amides is 3. The standard InChI is InChI=1S/C22H32FN3O2/c1-3-4-11-24-22(28)26-14-18(21(27)25-13-16-5-6-16)8-10-20(26)17-7-9-19(23)15(2)12-17/h7,9,12,16,18,20H,3-6,8,10-11,13-14H2,1-2H3,(H,24,28)(H,25,27)/t18-,20+/m0/s1. The fourth-order valence-electron chi connectivity index (χ4n) is 3.82. The fraction of sp³-hybridized carbons (Fsp3) is 0.636. The van der Waals surface area contributed by atoms with E-state index >= 15 is 0 Å². The topological polar surface area (TPSA) is 61.4 Å². The molecule has 0 spiro atoms. The fourth-order valence-corrected chi connectivity index (χ4v) is 3.82. The van der Waals surface area contributed by atoms with E-state index in [9.17, 15) is 14.0 Å². The van der Waals surface area contributed by atoms with Gasteiger partial charge in [-0.15, -0.1) is 0 Å². The number of piperidine rings is 1. The first-order chi connectivity index (χ1) is 13.5. The number of carbonyl (C=O) groups excluding carboxylic acids is 2. The molecule has 1 aliphatic heterocycles. The molecule has 3 rings (SSSR count). The predicted octanol–water partition coefficient (Wildman–Crippen LogP) is 3.92. The van der Waals surface area contributed by atoms with Crippen LogP contribution in [0.2, 0.25) is 0 Å². The Hall–Kier alpha value is -2.11. The van der Waals surface area contributed by atoms with Crippen LogP contribution in [0.3, 0.4) is 0 Å². The number of carbonyl (C=O) groups is 2. The Morgan fingerprint density at radius 3 is 2.64 bits per heavy atom. The Labute approximate surface area is 167 Å². The molecule has 1 heterocycles. The quantitative estimate of drug-likeness (QED) is 0.694. The van der Waals surface area contributed by atoms with Crippen molar-refractivity contribution in [2.45, 2.75) is 58.4 Å². The molecule has 1 saturated carbocycles. The summed E-state index contributed by atoms with van der Waals surface area (Å²) in [5.41, 5.74) is 1.51. The van der Waals surface area contributed by atoms with Gasteiger partial charge in [0.15, 0.2) is 0 Å². The number of nitrogens with zero attached hydrogens (tertiary/aromatic N) is 1. The van der Waals surface area contributed by atoms with Crippen LogP contribution in [0.1, 0.15) is 62.6 Å². The lowest BCUT2D eigenvalue weighted by molar-refractivity contribution is -0.126. The van der Waals surface area contributed by atoms with Gasteiger partial charge in [-0.2, -0.15) is 0 Å². The smallest absolute Gasteiger partial charge is 0.317 e. The van der Waals surface area contributed by atoms with Gasteiger partial charge in [0.25, 0.3) is 0 Å². The van der Waals surface area contributed by atoms with E-state index in [1.165, 1.54) is 18.9 Å². The third-order valence-corrected chi connectivity index (χ3v) is 5.85. The van der Waals surface area contributed by atoms with Crippen molar-refractivity contribution in [2.24, 2.45) is 11.8 Å². The first-order valence-corrected chi connectivity index (χ1v) is 10.6. The van der Waals surface area contributed by atoms with Crippen molar-refractivity contribution in [2.75, 3.05) is 19.6 Å². The van der Waals surface area contributed by atoms with Crippen LogP contribution in [0.5, 0.6) is 0 Å². The molecule has 0 bridgehead atoms. The van der Waals surface area contributed by atoms with Crippen molar-refractivity contribution in [3.63, 3.8) is 0 Å². The molecule has 2 atom stereocenters. The zero-order chi connectivity index (χ0) is 20.1. The van der Waals surface area contributed by atoms with E-state index in [-0.39, 0.29) is 29.7 Å². The van der Waals surface area contributed by atoms with Crippen LogP contribution in [0, 0.1) is 24.6 Å². The monoisotopic (exact) mass is 389 g/mol. The van der Waals surface area contributed by atoms with E-state index in [0.29, 0.717) is 31.0 Å². The molecular formula is C22H32FN3O2. The molecule has 1 aromatic rings. The third kappa shape index (κ3) is 5.24. The number of hydrogen-bond donors (Lipinski definition) is 2. The Balaban J connectivity index is 1.71. The Kier molecular flexibility index (Phi) is 6.92. The van der Waals surface area contributed by atoms with Crippen molar-refractivity contribution in [1.29, 1.82) is 0 Å². The second kappa shape index (κ2) is 9.39. The highest BCUT2D eigenvalue weighted by atomic mass is 19.1. The number of hydrogen-bond acceptors (Lipinski definition) is 2. The number of unbranched alkanes of at least 4 members (excludes halogenated alkanes) is 1. The molecule has 1 saturated heterocycles. The lowest BCUT2D eigenvalue weighted by Gasteiger charge is -2.39. The van der Waals surface area contributed by atoms with Gasteiger partial charge in [0.05, 0.1) is 12.0 Å². The van der Waals surface area contributed by atoms with Gasteiger partial charge in [-0.1, -0.05) is 25.5 Å². The van der Waals surface area contributed by atoms with Gasteiger partial charge >= 0.3 is 6.03 Å². The highest BCUT2D eigenvalue weighted by Gasteiger charge is 2.36. The lowest BCUT2D eigenvalue weighted by Crippen LogP contribution is -2.50. The summed E-state index contributed by atoms with van der Waals surface area (Å²) in [5, 5.41) is 6.03. The number of likely N-dealkylation sites (tertiary alicyclic amines) is 1. The highest BCUT2D eigenvalue weighted by molar-refractivity contribution is 5.81. The molecule has 0 radical (unpaired) electrons. The number of benzene rings is 1. The van der Waals surface area contributed by atoms with Gasteiger partial charge in [0, 0.05) is 19.6 Å². The van der Waals surface area contributed by atoms with Crippen LogP contribution in [0.25, 0.3) is 0 Å². The van der Waals surface area contributed by atoms with E-state index < -0.39 is 0 Å². The minimum atomic E-state index is -0.240. The van der Waals surface area contributed by atoms with Gasteiger partial charge in [0.2, 0.25) is 5.91 Å². The normalized spacial score (nSPS) is 22.0. The van der Waals surface area contributed by atoms with Gasteiger partial charge in [-0.05, 0) is 62.1 Å². The number of halogens is 1. The Morgan fingerprint density at radius 1 is 1.18 bits per heavy atom. The van der Waals surface area contributed by atoms with Gasteiger partial charge in [-0.25, -0.2) is 9.18 Å². The molecule has 3 amide bonds. The van der Waals surface area contributed by atoms with Crippen LogP contribution in [0.15, 0.2) is 18.2 Å². The van der Waals surface area contributed by atoms with E-state index in [0.717, 1.165) is 31.4 Å². The minimum Gasteiger partial charge on any atom is -0.356 e. The van der Waals surface area contributed by atoms with E-state index in [1.807, 2.05) is 6.07 Å². The lowest BCUT2D eigenvalue weighted by atomic mass is 9.88. The molecule has 1 aromatic carbocycles. The molecule has 2 aliphatic rings. The molecule has 154 valence electrons. The van der Waals surface area contributed by atoms with Crippen LogP contribution in [-0.2, 0) is 4.79 Å². The second-order valence-corrected chi connectivity index (χ2v) is 8.23. The molecule has 6 heteroatoms. The van der Waals surface area contributed by atoms with Crippen molar-refractivity contribution in [3.8, 4) is 0 Å². The molecular weight excluding hydrogens is 357 g/mol. The number of nitrogens with one attached hydrogen (secondary N) is 2. The highest BCUT2D eigenvalue weighted by Crippen LogP contribution is 2.34. The summed E-state index contributed by atoms with van der Waals surface area (Å²) >= 11 is 0. The summed E-state index contributed by atoms with van der Waals surface area (Å²) in [5.74, 6) is 0.257. The Morgan fingerprint density at radius 2 is 1.96 bits per heavy atom. The molecule has 2 fully saturated rings. The average Bonchev–Trinajstić information content (AvgIpc) is 3.52. The number of urea groups is 1. The first-order valence-electron chi connectivity index (χ1n) is 10.6. The number of aryl methyl sites for hydroxylation is 1. The molecule has 5 nitrogen and oxygen atoms in total. The van der Waals surface area contributed by atoms with E-state index in [1.54, 1.807) is 17.9 Å². The largest absolute Gasteiger partial charge is 0.356 e. The maximum Gasteiger partial charge on any atom is 0.317 e. The maximum absolute atomic E-state index is 13.7. The molecule has 28 heavy (non-hydrogen) atoms. The van der Waals surface area contributed by atoms with Crippen LogP contribution in [0.4, 0.5) is 9.18 Å². The number of rotatable bonds is 7. The SMILES string of the molecule is CCCCNC(=O)N1C[C@@H](C(=O)NCC2CC2)CC[C@@H]1c1ccc(F)c(C)c1. The van der Waals surface area contributed by atoms with Gasteiger partial charge < -0.3 is 15.5 Å². The van der Waals surface area contributed by atoms with Gasteiger partial charge in [0.1, 0.15) is 5.82 Å². The summed E-state index contributed by atoms with van der Waals surface area (Å²) in [6, 6.07) is 4.77. The summed E-state index contributed by atoms with van der Waals surface area (Å²) in [7, 11) is 0. The van der Waals surface area contributed by atoms with Crippen molar-refractivity contribution in [3.05, 3.63) is 35.1 Å². The van der Waals surface area contributed by atoms with Crippen LogP contribution < -0.4 is 10.6 Å². The molecule has 2 N–H and O–H groups in total. The van der Waals surface area contributed by atoms with E-state index in [4.69, 9.17) is 0 Å². The molecule has 0 aromatic heterocycles. The van der Waals surface area contributed by atoms with Crippen molar-refractivity contribution >= 4 is 11.9 Å². The Bertz CT molecular complexity index is 705. The minimum absolute atomic E-state index is 0.0481. The average molecular weight is 390 g/mol. The summed E-state index contributed by atoms with van der Waals surface area (Å²) in [4.78, 5) is 27.2. The molecule has 1 aliphatic carbocycles. The zero-order valence-electron chi connectivity index (χ0n) is 17.0. The van der Waals surface area contributed by atoms with Gasteiger partial charge in [-0.3, -0.25) is 4.79 Å². The first kappa shape index (κ1) is 20.6. The van der Waals surface area contributed by atoms with Crippen molar-refractivity contribution < 1.29 is 14.0 Å². The maximum atomic E-state index is 13.7. The van der Waals surface area contributed by atoms with Crippen molar-refractivity contribution in [1.82, 2.24) is 15.5 Å². The summed E-state index contributed by atoms with van der Waals surface area (Å²) in [6.07, 6.45) is 5.76. The summed E-state index contributed by atoms with van der Waals surface area (Å²) in [6.45, 7) is 5.59. The van der Waals surface area contributed by atoms with E-state index in [2.05, 4.69) is 17.6 Å². The van der Waals surface area contributed by atoms with Crippen LogP contribution in [-0.4, -0.2) is 36.5 Å². The zero-order valence-corrected chi connectivity index (χ0v) is 17.0.